The maximum absolute atomic E-state index is 12.7. The highest BCUT2D eigenvalue weighted by molar-refractivity contribution is 8.18. The van der Waals surface area contributed by atoms with Gasteiger partial charge in [0.15, 0.2) is 10.8 Å². The Hall–Kier alpha value is -2.76. The topological polar surface area (TPSA) is 200 Å². The number of amides is 2. The summed E-state index contributed by atoms with van der Waals surface area (Å²) in [7, 11) is 0. The number of aromatic amines is 1. The molecular weight excluding hydrogens is 500 g/mol. The van der Waals surface area contributed by atoms with Gasteiger partial charge in [-0.25, -0.2) is 9.78 Å². The predicted octanol–water partition coefficient (Wildman–Crippen LogP) is 0.201. The number of carboxylic acids is 1. The van der Waals surface area contributed by atoms with Crippen molar-refractivity contribution in [3.8, 4) is 0 Å². The Morgan fingerprint density at radius 3 is 2.88 bits per heavy atom. The van der Waals surface area contributed by atoms with Crippen molar-refractivity contribution in [3.63, 3.8) is 0 Å². The fourth-order valence-electron chi connectivity index (χ4n) is 2.94. The number of carboxylic acid groups (broad SMARTS) is 1. The van der Waals surface area contributed by atoms with E-state index in [0.717, 1.165) is 11.3 Å². The summed E-state index contributed by atoms with van der Waals surface area (Å²) in [6.07, 6.45) is 1.56. The van der Waals surface area contributed by atoms with Crippen LogP contribution in [0.2, 0.25) is 0 Å². The van der Waals surface area contributed by atoms with Crippen LogP contribution in [0.15, 0.2) is 32.4 Å². The van der Waals surface area contributed by atoms with Crippen LogP contribution in [-0.4, -0.2) is 81.4 Å². The molecule has 0 radical (unpaired) electrons. The van der Waals surface area contributed by atoms with E-state index in [2.05, 4.69) is 30.9 Å². The Balaban J connectivity index is 1.44. The van der Waals surface area contributed by atoms with Crippen molar-refractivity contribution in [2.75, 3.05) is 16.6 Å². The minimum Gasteiger partial charge on any atom is -0.477 e. The molecule has 2 aromatic heterocycles. The Morgan fingerprint density at radius 2 is 2.25 bits per heavy atom. The van der Waals surface area contributed by atoms with Gasteiger partial charge in [0.1, 0.15) is 27.8 Å². The molecule has 4 heterocycles. The van der Waals surface area contributed by atoms with E-state index in [4.69, 9.17) is 5.73 Å². The van der Waals surface area contributed by atoms with Gasteiger partial charge in [-0.05, 0) is 0 Å². The standard InChI is InChI=1S/C15H14N8O5S4/c16-15-18-5(2-30-15)8(21-28)11(24)19-9-12(25)23-10(14(26)27)6(3-29-13(9)23)31-4-32-7-1-17-22-20-7/h1-2,9,13,28H,3-4H2,(H2,16,18)(H,19,24)(H,26,27)(H,17,20,22)/b21-8+/t9-,13+/m0/s1. The van der Waals surface area contributed by atoms with Crippen LogP contribution < -0.4 is 11.1 Å². The van der Waals surface area contributed by atoms with E-state index in [0.29, 0.717) is 20.8 Å². The third kappa shape index (κ3) is 4.27. The molecule has 0 saturated carbocycles. The predicted molar refractivity (Wildman–Crippen MR) is 119 cm³/mol. The summed E-state index contributed by atoms with van der Waals surface area (Å²) in [5, 5.41) is 36.7. The number of nitrogens with zero attached hydrogens (tertiary/aromatic N) is 5. The van der Waals surface area contributed by atoms with Gasteiger partial charge in [0.05, 0.1) is 11.3 Å². The number of carbonyl (C=O) groups excluding carboxylic acids is 2. The van der Waals surface area contributed by atoms with Gasteiger partial charge < -0.3 is 21.4 Å². The molecule has 2 amide bonds. The van der Waals surface area contributed by atoms with Crippen molar-refractivity contribution in [3.05, 3.63) is 27.9 Å². The van der Waals surface area contributed by atoms with Crippen LogP contribution in [0.5, 0.6) is 0 Å². The number of hydrogen-bond acceptors (Lipinski definition) is 13. The molecule has 1 saturated heterocycles. The largest absolute Gasteiger partial charge is 0.477 e. The molecule has 2 aromatic rings. The normalized spacial score (nSPS) is 20.7. The van der Waals surface area contributed by atoms with E-state index in [1.807, 2.05) is 0 Å². The number of nitrogen functional groups attached to an aromatic ring is 1. The van der Waals surface area contributed by atoms with Gasteiger partial charge in [-0.1, -0.05) is 16.9 Å². The van der Waals surface area contributed by atoms with Crippen molar-refractivity contribution < 1.29 is 24.7 Å². The molecule has 13 nitrogen and oxygen atoms in total. The third-order valence-corrected chi connectivity index (χ3v) is 8.59. The van der Waals surface area contributed by atoms with E-state index in [1.165, 1.54) is 45.6 Å². The molecule has 2 aliphatic heterocycles. The van der Waals surface area contributed by atoms with Crippen molar-refractivity contribution in [2.45, 2.75) is 16.4 Å². The van der Waals surface area contributed by atoms with Gasteiger partial charge in [0.2, 0.25) is 0 Å². The number of aromatic nitrogens is 4. The smallest absolute Gasteiger partial charge is 0.353 e. The number of fused-ring (bicyclic) bond motifs is 1. The van der Waals surface area contributed by atoms with Gasteiger partial charge in [-0.3, -0.25) is 14.5 Å². The van der Waals surface area contributed by atoms with Gasteiger partial charge in [-0.15, -0.1) is 40.0 Å². The average molecular weight is 515 g/mol. The van der Waals surface area contributed by atoms with Crippen LogP contribution in [0.4, 0.5) is 5.13 Å². The molecule has 0 aromatic carbocycles. The van der Waals surface area contributed by atoms with Crippen molar-refractivity contribution >= 4 is 75.2 Å². The van der Waals surface area contributed by atoms with E-state index >= 15 is 0 Å². The molecule has 0 bridgehead atoms. The van der Waals surface area contributed by atoms with E-state index < -0.39 is 29.2 Å². The zero-order chi connectivity index (χ0) is 22.8. The quantitative estimate of drug-likeness (QED) is 0.0801. The van der Waals surface area contributed by atoms with Crippen molar-refractivity contribution in [1.29, 1.82) is 0 Å². The zero-order valence-electron chi connectivity index (χ0n) is 15.8. The highest BCUT2D eigenvalue weighted by Crippen LogP contribution is 2.44. The maximum atomic E-state index is 12.7. The molecule has 4 rings (SSSR count). The number of thioether (sulfide) groups is 3. The second kappa shape index (κ2) is 9.39. The highest BCUT2D eigenvalue weighted by atomic mass is 32.2. The molecular formula is C15H14N8O5S4. The SMILES string of the molecule is Nc1nc(/C(=N\O)C(=O)N[C@H]2C(=O)N3C(C(=O)O)=C(SCSc4cn[nH]n4)CS[C@H]23)cs1. The van der Waals surface area contributed by atoms with Crippen LogP contribution in [0, 0.1) is 0 Å². The van der Waals surface area contributed by atoms with Crippen LogP contribution in [-0.2, 0) is 14.4 Å². The van der Waals surface area contributed by atoms with Gasteiger partial charge >= 0.3 is 5.97 Å². The molecule has 0 spiro atoms. The van der Waals surface area contributed by atoms with Crippen LogP contribution >= 0.6 is 46.6 Å². The average Bonchev–Trinajstić information content (AvgIpc) is 3.44. The number of carbonyl (C=O) groups is 3. The number of anilines is 1. The summed E-state index contributed by atoms with van der Waals surface area (Å²) in [5.41, 5.74) is 5.12. The zero-order valence-corrected chi connectivity index (χ0v) is 19.1. The molecule has 2 aliphatic rings. The Labute approximate surface area is 196 Å². The fraction of sp³-hybridized carbons (Fsp3) is 0.267. The number of H-pyrrole nitrogens is 1. The lowest BCUT2D eigenvalue weighted by Crippen LogP contribution is -2.71. The van der Waals surface area contributed by atoms with Gasteiger partial charge in [0, 0.05) is 16.0 Å². The third-order valence-electron chi connectivity index (χ3n) is 4.34. The first kappa shape index (κ1) is 22.4. The summed E-state index contributed by atoms with van der Waals surface area (Å²) >= 11 is 5.08. The van der Waals surface area contributed by atoms with E-state index in [-0.39, 0.29) is 22.2 Å². The van der Waals surface area contributed by atoms with Gasteiger partial charge in [0.25, 0.3) is 11.8 Å². The minimum absolute atomic E-state index is 0.0712. The number of thiazole rings is 1. The van der Waals surface area contributed by atoms with Crippen molar-refractivity contribution in [2.24, 2.45) is 5.16 Å². The Morgan fingerprint density at radius 1 is 1.44 bits per heavy atom. The first-order valence-corrected chi connectivity index (χ1v) is 12.6. The molecule has 32 heavy (non-hydrogen) atoms. The summed E-state index contributed by atoms with van der Waals surface area (Å²) < 4.78 is 0. The lowest BCUT2D eigenvalue weighted by molar-refractivity contribution is -0.150. The van der Waals surface area contributed by atoms with Crippen LogP contribution in [0.1, 0.15) is 5.69 Å². The highest BCUT2D eigenvalue weighted by Gasteiger charge is 2.54. The number of aliphatic carboxylic acids is 1. The number of oxime groups is 1. The number of nitrogens with one attached hydrogen (secondary N) is 2. The second-order valence-corrected chi connectivity index (χ2v) is 10.6. The summed E-state index contributed by atoms with van der Waals surface area (Å²) in [6, 6.07) is -0.967. The molecule has 0 unspecified atom stereocenters. The molecule has 1 fully saturated rings. The van der Waals surface area contributed by atoms with Gasteiger partial charge in [-0.2, -0.15) is 10.3 Å². The van der Waals surface area contributed by atoms with E-state index in [1.54, 1.807) is 6.20 Å². The molecule has 168 valence electrons. The van der Waals surface area contributed by atoms with Crippen molar-refractivity contribution in [1.82, 2.24) is 30.6 Å². The number of β-lactam (4-membered cyclic amide) rings is 1. The fourth-order valence-corrected chi connectivity index (χ4v) is 7.06. The summed E-state index contributed by atoms with van der Waals surface area (Å²) in [6.45, 7) is 0. The van der Waals surface area contributed by atoms with Crippen LogP contribution in [0.3, 0.4) is 0 Å². The Bertz CT molecular complexity index is 1120. The van der Waals surface area contributed by atoms with E-state index in [9.17, 15) is 24.7 Å². The number of nitrogens with two attached hydrogens (primary N) is 1. The molecule has 0 aliphatic carbocycles. The number of rotatable bonds is 8. The first-order valence-electron chi connectivity index (χ1n) is 8.67. The summed E-state index contributed by atoms with van der Waals surface area (Å²) in [4.78, 5) is 42.8. The molecule has 17 heteroatoms. The number of hydrogen-bond donors (Lipinski definition) is 5. The first-order chi connectivity index (χ1) is 15.4. The Kier molecular flexibility index (Phi) is 6.58. The monoisotopic (exact) mass is 514 g/mol. The lowest BCUT2D eigenvalue weighted by Gasteiger charge is -2.49. The maximum Gasteiger partial charge on any atom is 0.353 e. The molecule has 2 atom stereocenters. The van der Waals surface area contributed by atoms with Crippen LogP contribution in [0.25, 0.3) is 0 Å². The second-order valence-electron chi connectivity index (χ2n) is 6.17. The summed E-state index contributed by atoms with van der Waals surface area (Å²) in [5.74, 6) is -2.25. The molecule has 6 N–H and O–H groups in total. The lowest BCUT2D eigenvalue weighted by atomic mass is 10.0. The minimum atomic E-state index is -1.22.